The minimum atomic E-state index is 0.148. The Kier molecular flexibility index (Phi) is 3.53. The molecular weight excluding hydrogens is 164 g/mol. The fourth-order valence-electron chi connectivity index (χ4n) is 1.43. The Morgan fingerprint density at radius 1 is 1.42 bits per heavy atom. The summed E-state index contributed by atoms with van der Waals surface area (Å²) in [7, 11) is 1.11. The van der Waals surface area contributed by atoms with Crippen LogP contribution < -0.4 is 0 Å². The zero-order chi connectivity index (χ0) is 9.03. The fraction of sp³-hybridized carbons (Fsp3) is 0.700. The van der Waals surface area contributed by atoms with Gasteiger partial charge in [-0.25, -0.2) is 0 Å². The molecule has 2 heteroatoms. The largest absolute Gasteiger partial charge is 0.376 e. The molecule has 1 radical (unpaired) electrons. The highest BCUT2D eigenvalue weighted by Gasteiger charge is 2.23. The Hall–Kier alpha value is -0.0831. The van der Waals surface area contributed by atoms with Crippen molar-refractivity contribution in [2.75, 3.05) is 6.61 Å². The third-order valence-electron chi connectivity index (χ3n) is 2.27. The predicted molar refractivity (Wildman–Crippen MR) is 56.2 cm³/mol. The van der Waals surface area contributed by atoms with Crippen molar-refractivity contribution in [1.82, 2.24) is 0 Å². The van der Waals surface area contributed by atoms with E-state index in [1.54, 1.807) is 0 Å². The zero-order valence-electron chi connectivity index (χ0n) is 8.39. The summed E-state index contributed by atoms with van der Waals surface area (Å²) in [6.45, 7) is 5.21. The standard InChI is InChI=1S/C10H19OSi/c1-9(2)5-7-10(12)6-3-4-8-11-10/h5,7H,3-4,6,8H2,1-2,12H3. The van der Waals surface area contributed by atoms with Crippen LogP contribution in [0.2, 0.25) is 0 Å². The molecule has 0 aromatic heterocycles. The molecule has 1 aliphatic heterocycles. The van der Waals surface area contributed by atoms with Gasteiger partial charge in [0, 0.05) is 16.8 Å². The quantitative estimate of drug-likeness (QED) is 0.588. The van der Waals surface area contributed by atoms with Crippen LogP contribution in [0, 0.1) is 5.92 Å². The van der Waals surface area contributed by atoms with E-state index in [-0.39, 0.29) is 5.22 Å². The van der Waals surface area contributed by atoms with Crippen molar-refractivity contribution in [2.45, 2.75) is 38.3 Å². The molecule has 1 nitrogen and oxygen atoms in total. The highest BCUT2D eigenvalue weighted by molar-refractivity contribution is 6.16. The monoisotopic (exact) mass is 183 g/mol. The zero-order valence-corrected chi connectivity index (χ0v) is 10.4. The average Bonchev–Trinajstić information content (AvgIpc) is 2.03. The van der Waals surface area contributed by atoms with E-state index in [9.17, 15) is 0 Å². The van der Waals surface area contributed by atoms with Gasteiger partial charge in [-0.15, -0.1) is 0 Å². The first-order chi connectivity index (χ1) is 5.62. The molecule has 12 heavy (non-hydrogen) atoms. The molecule has 0 amide bonds. The van der Waals surface area contributed by atoms with Crippen molar-refractivity contribution in [3.8, 4) is 0 Å². The van der Waals surface area contributed by atoms with Crippen LogP contribution in [-0.4, -0.2) is 22.1 Å². The van der Waals surface area contributed by atoms with Crippen molar-refractivity contribution in [2.24, 2.45) is 0 Å². The van der Waals surface area contributed by atoms with Crippen LogP contribution in [0.3, 0.4) is 0 Å². The van der Waals surface area contributed by atoms with Gasteiger partial charge in [-0.1, -0.05) is 26.0 Å². The maximum absolute atomic E-state index is 5.78. The van der Waals surface area contributed by atoms with Crippen LogP contribution in [0.15, 0.2) is 12.2 Å². The van der Waals surface area contributed by atoms with E-state index in [0.29, 0.717) is 0 Å². The molecule has 0 aromatic carbocycles. The van der Waals surface area contributed by atoms with E-state index >= 15 is 0 Å². The lowest BCUT2D eigenvalue weighted by Crippen LogP contribution is -2.34. The van der Waals surface area contributed by atoms with Crippen LogP contribution in [0.1, 0.15) is 33.1 Å². The van der Waals surface area contributed by atoms with Crippen LogP contribution in [0.4, 0.5) is 0 Å². The second-order valence-corrected chi connectivity index (χ2v) is 5.72. The smallest absolute Gasteiger partial charge is 0.0656 e. The van der Waals surface area contributed by atoms with E-state index < -0.39 is 0 Å². The van der Waals surface area contributed by atoms with E-state index in [0.717, 1.165) is 16.8 Å². The van der Waals surface area contributed by atoms with Crippen molar-refractivity contribution in [3.05, 3.63) is 18.1 Å². The first-order valence-corrected chi connectivity index (χ1v) is 5.76. The molecule has 1 heterocycles. The molecular formula is C10H19OSi. The molecule has 1 fully saturated rings. The summed E-state index contributed by atoms with van der Waals surface area (Å²) in [5.41, 5.74) is 0. The Labute approximate surface area is 78.6 Å². The minimum absolute atomic E-state index is 0.148. The molecule has 69 valence electrons. The van der Waals surface area contributed by atoms with Gasteiger partial charge in [0.25, 0.3) is 0 Å². The van der Waals surface area contributed by atoms with E-state index in [1.807, 2.05) is 0 Å². The maximum atomic E-state index is 5.78. The number of hydrogen-bond acceptors (Lipinski definition) is 1. The van der Waals surface area contributed by atoms with Crippen LogP contribution >= 0.6 is 0 Å². The number of ether oxygens (including phenoxy) is 1. The van der Waals surface area contributed by atoms with E-state index in [1.165, 1.54) is 25.2 Å². The summed E-state index contributed by atoms with van der Waals surface area (Å²) in [4.78, 5) is 0. The molecule has 1 rings (SSSR count). The Morgan fingerprint density at radius 3 is 2.67 bits per heavy atom. The van der Waals surface area contributed by atoms with Crippen molar-refractivity contribution in [1.29, 1.82) is 0 Å². The number of rotatable bonds is 2. The lowest BCUT2D eigenvalue weighted by Gasteiger charge is -2.31. The molecule has 0 aromatic rings. The summed E-state index contributed by atoms with van der Waals surface area (Å²) in [5, 5.41) is 0.148. The van der Waals surface area contributed by atoms with Gasteiger partial charge in [-0.2, -0.15) is 0 Å². The van der Waals surface area contributed by atoms with Crippen molar-refractivity contribution in [3.63, 3.8) is 0 Å². The third-order valence-corrected chi connectivity index (χ3v) is 3.39. The van der Waals surface area contributed by atoms with Gasteiger partial charge in [-0.3, -0.25) is 0 Å². The first kappa shape index (κ1) is 10.0. The lowest BCUT2D eigenvalue weighted by molar-refractivity contribution is 0.0153. The highest BCUT2D eigenvalue weighted by Crippen LogP contribution is 2.23. The third kappa shape index (κ3) is 3.11. The molecule has 0 spiro atoms. The summed E-state index contributed by atoms with van der Waals surface area (Å²) in [5.74, 6) is 1.36. The molecule has 0 aliphatic carbocycles. The highest BCUT2D eigenvalue weighted by atomic mass is 28.1. The SMILES string of the molecule is C[C](C)C=CC1([SiH3])CCCCO1. The van der Waals surface area contributed by atoms with Gasteiger partial charge in [0.05, 0.1) is 5.22 Å². The second-order valence-electron chi connectivity index (χ2n) is 4.03. The van der Waals surface area contributed by atoms with Gasteiger partial charge in [0.15, 0.2) is 0 Å². The summed E-state index contributed by atoms with van der Waals surface area (Å²) >= 11 is 0. The first-order valence-electron chi connectivity index (χ1n) is 4.76. The average molecular weight is 183 g/mol. The van der Waals surface area contributed by atoms with Crippen molar-refractivity contribution >= 4 is 10.2 Å². The predicted octanol–water partition coefficient (Wildman–Crippen LogP) is 1.42. The maximum Gasteiger partial charge on any atom is 0.0656 e. The second kappa shape index (κ2) is 4.24. The molecule has 0 bridgehead atoms. The van der Waals surface area contributed by atoms with Crippen LogP contribution in [0.25, 0.3) is 0 Å². The number of hydrogen-bond donors (Lipinski definition) is 0. The summed E-state index contributed by atoms with van der Waals surface area (Å²) < 4.78 is 5.78. The van der Waals surface area contributed by atoms with Gasteiger partial charge in [-0.05, 0) is 25.2 Å². The topological polar surface area (TPSA) is 9.23 Å². The normalized spacial score (nSPS) is 31.9. The van der Waals surface area contributed by atoms with Gasteiger partial charge >= 0.3 is 0 Å². The molecule has 1 unspecified atom stereocenters. The minimum Gasteiger partial charge on any atom is -0.376 e. The molecule has 0 saturated carbocycles. The number of allylic oxidation sites excluding steroid dienone is 1. The fourth-order valence-corrected chi connectivity index (χ4v) is 2.15. The molecule has 0 N–H and O–H groups in total. The Balaban J connectivity index is 2.46. The summed E-state index contributed by atoms with van der Waals surface area (Å²) in [6, 6.07) is 0. The van der Waals surface area contributed by atoms with Crippen LogP contribution in [0.5, 0.6) is 0 Å². The molecule has 1 aliphatic rings. The molecule has 1 atom stereocenters. The van der Waals surface area contributed by atoms with Gasteiger partial charge in [0.1, 0.15) is 0 Å². The Morgan fingerprint density at radius 2 is 2.17 bits per heavy atom. The van der Waals surface area contributed by atoms with E-state index in [2.05, 4.69) is 26.0 Å². The van der Waals surface area contributed by atoms with Gasteiger partial charge in [0.2, 0.25) is 0 Å². The van der Waals surface area contributed by atoms with E-state index in [4.69, 9.17) is 4.74 Å². The summed E-state index contributed by atoms with van der Waals surface area (Å²) in [6.07, 6.45) is 8.25. The van der Waals surface area contributed by atoms with Gasteiger partial charge < -0.3 is 4.74 Å². The van der Waals surface area contributed by atoms with Crippen molar-refractivity contribution < 1.29 is 4.74 Å². The Bertz CT molecular complexity index is 157. The van der Waals surface area contributed by atoms with Crippen LogP contribution in [-0.2, 0) is 4.74 Å². The lowest BCUT2D eigenvalue weighted by atomic mass is 10.1. The molecule has 1 saturated heterocycles.